The van der Waals surface area contributed by atoms with E-state index < -0.39 is 0 Å². The lowest BCUT2D eigenvalue weighted by Gasteiger charge is -2.13. The van der Waals surface area contributed by atoms with Crippen molar-refractivity contribution in [3.05, 3.63) is 65.0 Å². The maximum absolute atomic E-state index is 12.9. The number of carbonyl (C=O) groups excluding carboxylic acids is 4. The van der Waals surface area contributed by atoms with Crippen LogP contribution in [0, 0.1) is 17.7 Å². The fourth-order valence-corrected chi connectivity index (χ4v) is 3.22. The number of hydrogen-bond donors (Lipinski definition) is 1. The van der Waals surface area contributed by atoms with E-state index in [4.69, 9.17) is 0 Å². The van der Waals surface area contributed by atoms with Crippen LogP contribution in [0.3, 0.4) is 0 Å². The van der Waals surface area contributed by atoms with E-state index >= 15 is 0 Å². The number of carbonyl (C=O) groups is 4. The number of aryl methyl sites for hydroxylation is 1. The van der Waals surface area contributed by atoms with Gasteiger partial charge in [-0.3, -0.25) is 19.2 Å². The molecule has 35 heavy (non-hydrogen) atoms. The summed E-state index contributed by atoms with van der Waals surface area (Å²) in [5.41, 5.74) is 2.64. The zero-order valence-electron chi connectivity index (χ0n) is 21.7. The third-order valence-corrected chi connectivity index (χ3v) is 6.12. The van der Waals surface area contributed by atoms with Crippen molar-refractivity contribution in [2.45, 2.75) is 73.6 Å². The van der Waals surface area contributed by atoms with E-state index in [-0.39, 0.29) is 40.9 Å². The van der Waals surface area contributed by atoms with Gasteiger partial charge in [-0.15, -0.1) is 0 Å². The zero-order valence-corrected chi connectivity index (χ0v) is 21.7. The standard InChI is InChI=1S/C20H22FNO2.C9H16O2/c1-4-13(3)19(23)18-11-10-17(12-14(18)5-2)22-20(24)15-6-8-16(21)9-7-15;1-4-9(11)6-5-7(2)8(3)10/h6-13H,4-5H2,1-3H3,(H,22,24);7H,4-6H2,1-3H3. The summed E-state index contributed by atoms with van der Waals surface area (Å²) in [6, 6.07) is 10.7. The molecule has 1 amide bonds. The Hall–Kier alpha value is -3.15. The molecule has 0 aromatic heterocycles. The number of ketones is 3. The van der Waals surface area contributed by atoms with E-state index in [2.05, 4.69) is 5.32 Å². The van der Waals surface area contributed by atoms with Gasteiger partial charge in [0.2, 0.25) is 0 Å². The average molecular weight is 484 g/mol. The molecule has 0 radical (unpaired) electrons. The van der Waals surface area contributed by atoms with Gasteiger partial charge in [-0.1, -0.05) is 34.6 Å². The predicted molar refractivity (Wildman–Crippen MR) is 138 cm³/mol. The van der Waals surface area contributed by atoms with Gasteiger partial charge in [0.1, 0.15) is 17.4 Å². The van der Waals surface area contributed by atoms with E-state index in [1.807, 2.05) is 40.7 Å². The fraction of sp³-hybridized carbons (Fsp3) is 0.448. The molecule has 0 bridgehead atoms. The van der Waals surface area contributed by atoms with Crippen molar-refractivity contribution in [2.24, 2.45) is 11.8 Å². The van der Waals surface area contributed by atoms with E-state index in [1.165, 1.54) is 24.3 Å². The summed E-state index contributed by atoms with van der Waals surface area (Å²) < 4.78 is 12.9. The molecule has 0 heterocycles. The van der Waals surface area contributed by atoms with Crippen molar-refractivity contribution in [1.82, 2.24) is 0 Å². The number of hydrogen-bond acceptors (Lipinski definition) is 4. The summed E-state index contributed by atoms with van der Waals surface area (Å²) in [6.45, 7) is 11.2. The quantitative estimate of drug-likeness (QED) is 0.355. The lowest BCUT2D eigenvalue weighted by atomic mass is 9.92. The monoisotopic (exact) mass is 483 g/mol. The van der Waals surface area contributed by atoms with Gasteiger partial charge in [-0.2, -0.15) is 0 Å². The first kappa shape index (κ1) is 29.9. The van der Waals surface area contributed by atoms with Crippen LogP contribution in [0.1, 0.15) is 93.5 Å². The number of Topliss-reactive ketones (excluding diaryl/α,β-unsaturated/α-hetero) is 3. The predicted octanol–water partition coefficient (Wildman–Crippen LogP) is 6.84. The Labute approximate surface area is 208 Å². The van der Waals surface area contributed by atoms with Gasteiger partial charge in [0.05, 0.1) is 0 Å². The number of anilines is 1. The topological polar surface area (TPSA) is 80.3 Å². The Morgan fingerprint density at radius 3 is 2.06 bits per heavy atom. The summed E-state index contributed by atoms with van der Waals surface area (Å²) in [6.07, 6.45) is 3.35. The molecule has 5 nitrogen and oxygen atoms in total. The van der Waals surface area contributed by atoms with Crippen LogP contribution in [0.4, 0.5) is 10.1 Å². The summed E-state index contributed by atoms with van der Waals surface area (Å²) in [7, 11) is 0. The van der Waals surface area contributed by atoms with Crippen LogP contribution < -0.4 is 5.32 Å². The van der Waals surface area contributed by atoms with Crippen molar-refractivity contribution < 1.29 is 23.6 Å². The lowest BCUT2D eigenvalue weighted by Crippen LogP contribution is -2.15. The van der Waals surface area contributed by atoms with Crippen LogP contribution in [0.5, 0.6) is 0 Å². The van der Waals surface area contributed by atoms with Crippen molar-refractivity contribution in [1.29, 1.82) is 0 Å². The molecule has 1 N–H and O–H groups in total. The lowest BCUT2D eigenvalue weighted by molar-refractivity contribution is -0.121. The largest absolute Gasteiger partial charge is 0.322 e. The molecule has 2 rings (SSSR count). The highest BCUT2D eigenvalue weighted by Gasteiger charge is 2.17. The third kappa shape index (κ3) is 9.93. The Kier molecular flexibility index (Phi) is 12.8. The minimum atomic E-state index is -0.382. The first-order valence-corrected chi connectivity index (χ1v) is 12.3. The Balaban J connectivity index is 0.000000471. The molecule has 0 saturated heterocycles. The van der Waals surface area contributed by atoms with Crippen LogP contribution in [0.2, 0.25) is 0 Å². The van der Waals surface area contributed by atoms with Gasteiger partial charge >= 0.3 is 0 Å². The van der Waals surface area contributed by atoms with E-state index in [0.717, 1.165) is 12.0 Å². The first-order valence-electron chi connectivity index (χ1n) is 12.3. The Morgan fingerprint density at radius 2 is 1.54 bits per heavy atom. The number of amides is 1. The molecule has 0 fully saturated rings. The zero-order chi connectivity index (χ0) is 26.5. The van der Waals surface area contributed by atoms with Crippen molar-refractivity contribution in [3.8, 4) is 0 Å². The van der Waals surface area contributed by atoms with Crippen molar-refractivity contribution in [3.63, 3.8) is 0 Å². The van der Waals surface area contributed by atoms with Crippen LogP contribution in [0.25, 0.3) is 0 Å². The Bertz CT molecular complexity index is 1010. The molecule has 0 aliphatic heterocycles. The molecule has 0 aliphatic rings. The summed E-state index contributed by atoms with van der Waals surface area (Å²) in [5, 5.41) is 2.79. The number of benzene rings is 2. The molecule has 190 valence electrons. The molecule has 2 unspecified atom stereocenters. The molecule has 2 aromatic rings. The van der Waals surface area contributed by atoms with E-state index in [1.54, 1.807) is 19.1 Å². The van der Waals surface area contributed by atoms with Gasteiger partial charge in [0.15, 0.2) is 5.78 Å². The normalized spacial score (nSPS) is 12.1. The highest BCUT2D eigenvalue weighted by atomic mass is 19.1. The molecular weight excluding hydrogens is 445 g/mol. The van der Waals surface area contributed by atoms with Gasteiger partial charge in [-0.05, 0) is 74.2 Å². The molecule has 6 heteroatoms. The van der Waals surface area contributed by atoms with Gasteiger partial charge in [-0.25, -0.2) is 4.39 Å². The molecule has 2 atom stereocenters. The van der Waals surface area contributed by atoms with Crippen molar-refractivity contribution in [2.75, 3.05) is 5.32 Å². The molecule has 0 spiro atoms. The highest BCUT2D eigenvalue weighted by molar-refractivity contribution is 6.05. The molecular formula is C29H38FNO4. The minimum Gasteiger partial charge on any atom is -0.322 e. The maximum atomic E-state index is 12.9. The number of nitrogens with one attached hydrogen (secondary N) is 1. The van der Waals surface area contributed by atoms with Crippen LogP contribution in [-0.4, -0.2) is 23.3 Å². The van der Waals surface area contributed by atoms with Gasteiger partial charge < -0.3 is 5.32 Å². The van der Waals surface area contributed by atoms with Gasteiger partial charge in [0, 0.05) is 41.5 Å². The third-order valence-electron chi connectivity index (χ3n) is 6.12. The minimum absolute atomic E-state index is 0.0186. The summed E-state index contributed by atoms with van der Waals surface area (Å²) >= 11 is 0. The number of rotatable bonds is 11. The molecule has 0 saturated carbocycles. The van der Waals surface area contributed by atoms with E-state index in [0.29, 0.717) is 42.5 Å². The van der Waals surface area contributed by atoms with Crippen LogP contribution in [0.15, 0.2) is 42.5 Å². The summed E-state index contributed by atoms with van der Waals surface area (Å²) in [5.74, 6) is -0.107. The van der Waals surface area contributed by atoms with Crippen LogP contribution >= 0.6 is 0 Å². The van der Waals surface area contributed by atoms with E-state index in [9.17, 15) is 23.6 Å². The van der Waals surface area contributed by atoms with Crippen molar-refractivity contribution >= 4 is 28.9 Å². The second kappa shape index (κ2) is 15.0. The van der Waals surface area contributed by atoms with Crippen LogP contribution in [-0.2, 0) is 16.0 Å². The smallest absolute Gasteiger partial charge is 0.255 e. The number of halogens is 1. The maximum Gasteiger partial charge on any atom is 0.255 e. The summed E-state index contributed by atoms with van der Waals surface area (Å²) in [4.78, 5) is 46.2. The molecule has 2 aromatic carbocycles. The second-order valence-electron chi connectivity index (χ2n) is 8.80. The Morgan fingerprint density at radius 1 is 0.914 bits per heavy atom. The highest BCUT2D eigenvalue weighted by Crippen LogP contribution is 2.21. The SMILES string of the molecule is CCC(=O)CCC(C)C(C)=O.CCc1cc(NC(=O)c2ccc(F)cc2)ccc1C(=O)C(C)CC. The average Bonchev–Trinajstić information content (AvgIpc) is 2.86. The molecule has 0 aliphatic carbocycles. The fourth-order valence-electron chi connectivity index (χ4n) is 3.22. The first-order chi connectivity index (χ1) is 16.5. The second-order valence-corrected chi connectivity index (χ2v) is 8.80. The van der Waals surface area contributed by atoms with Gasteiger partial charge in [0.25, 0.3) is 5.91 Å².